The second kappa shape index (κ2) is 5.98. The van der Waals surface area contributed by atoms with Crippen molar-refractivity contribution in [2.24, 2.45) is 0 Å². The van der Waals surface area contributed by atoms with E-state index >= 15 is 0 Å². The number of amides is 1. The topological polar surface area (TPSA) is 72.5 Å². The molecule has 16 heavy (non-hydrogen) atoms. The molecule has 0 bridgehead atoms. The number of carbonyl (C=O) groups is 3. The Balaban J connectivity index is 4.25. The number of carbonyl (C=O) groups excluding carboxylic acids is 3. The quantitative estimate of drug-likeness (QED) is 0.483. The largest absolute Gasteiger partial charge is 0.444 e. The van der Waals surface area contributed by atoms with Gasteiger partial charge in [0.05, 0.1) is 6.04 Å². The zero-order valence-electron chi connectivity index (χ0n) is 9.74. The van der Waals surface area contributed by atoms with Crippen LogP contribution in [0, 0.1) is 0 Å². The predicted molar refractivity (Wildman–Crippen MR) is 62.6 cm³/mol. The van der Waals surface area contributed by atoms with Crippen molar-refractivity contribution in [3.05, 3.63) is 0 Å². The summed E-state index contributed by atoms with van der Waals surface area (Å²) >= 11 is 2.88. The van der Waals surface area contributed by atoms with Crippen molar-refractivity contribution in [1.82, 2.24) is 5.32 Å². The summed E-state index contributed by atoms with van der Waals surface area (Å²) in [5.74, 6) is -0.416. The van der Waals surface area contributed by atoms with Gasteiger partial charge in [-0.05, 0) is 27.7 Å². The minimum Gasteiger partial charge on any atom is -0.444 e. The lowest BCUT2D eigenvalue weighted by Gasteiger charge is -2.21. The van der Waals surface area contributed by atoms with Gasteiger partial charge in [0.15, 0.2) is 5.78 Å². The van der Waals surface area contributed by atoms with Gasteiger partial charge in [-0.15, -0.1) is 0 Å². The summed E-state index contributed by atoms with van der Waals surface area (Å²) in [5, 5.41) is 2.35. The first kappa shape index (κ1) is 15.1. The van der Waals surface area contributed by atoms with Gasteiger partial charge >= 0.3 is 6.09 Å². The predicted octanol–water partition coefficient (Wildman–Crippen LogP) is 1.43. The number of nitrogens with one attached hydrogen (secondary N) is 1. The molecule has 5 nitrogen and oxygen atoms in total. The molecular weight excluding hydrogens is 278 g/mol. The van der Waals surface area contributed by atoms with Gasteiger partial charge in [0.2, 0.25) is 0 Å². The van der Waals surface area contributed by atoms with Crippen LogP contribution in [-0.2, 0) is 14.3 Å². The normalized spacial score (nSPS) is 14.8. The van der Waals surface area contributed by atoms with Crippen molar-refractivity contribution in [3.8, 4) is 0 Å². The summed E-state index contributed by atoms with van der Waals surface area (Å²) in [6.07, 6.45) is -0.214. The van der Waals surface area contributed by atoms with Crippen molar-refractivity contribution >= 4 is 34.1 Å². The first-order chi connectivity index (χ1) is 7.17. The van der Waals surface area contributed by atoms with Crippen LogP contribution < -0.4 is 5.32 Å². The molecule has 0 radical (unpaired) electrons. The second-order valence-corrected chi connectivity index (χ2v) is 5.29. The van der Waals surface area contributed by atoms with E-state index in [1.807, 2.05) is 0 Å². The molecular formula is C10H16BrNO4. The first-order valence-electron chi connectivity index (χ1n) is 4.80. The molecule has 0 heterocycles. The molecule has 0 aromatic heterocycles. The van der Waals surface area contributed by atoms with E-state index in [-0.39, 0.29) is 0 Å². The van der Waals surface area contributed by atoms with E-state index in [0.717, 1.165) is 0 Å². The lowest BCUT2D eigenvalue weighted by molar-refractivity contribution is -0.122. The summed E-state index contributed by atoms with van der Waals surface area (Å²) in [6.45, 7) is 6.65. The van der Waals surface area contributed by atoms with Crippen LogP contribution >= 0.6 is 15.9 Å². The third-order valence-corrected chi connectivity index (χ3v) is 2.22. The number of aldehydes is 1. The van der Waals surface area contributed by atoms with Gasteiger partial charge in [-0.25, -0.2) is 4.79 Å². The summed E-state index contributed by atoms with van der Waals surface area (Å²) < 4.78 is 4.97. The molecule has 0 spiro atoms. The van der Waals surface area contributed by atoms with Gasteiger partial charge in [-0.2, -0.15) is 0 Å². The number of halogens is 1. The van der Waals surface area contributed by atoms with Gasteiger partial charge in [-0.3, -0.25) is 4.79 Å². The zero-order chi connectivity index (χ0) is 12.9. The fraction of sp³-hybridized carbons (Fsp3) is 0.700. The highest BCUT2D eigenvalue weighted by Gasteiger charge is 2.24. The molecule has 2 atom stereocenters. The molecule has 0 aliphatic heterocycles. The number of hydrogen-bond donors (Lipinski definition) is 1. The monoisotopic (exact) mass is 293 g/mol. The standard InChI is InChI=1S/C10H16BrNO4/c1-6(8(14)7(11)5-13)12-9(15)16-10(2,3)4/h5-7H,1-4H3,(H,12,15)/t6-,7?/m0/s1. The lowest BCUT2D eigenvalue weighted by atomic mass is 10.1. The maximum absolute atomic E-state index is 11.4. The summed E-state index contributed by atoms with van der Waals surface area (Å²) in [7, 11) is 0. The van der Waals surface area contributed by atoms with Gasteiger partial charge in [0, 0.05) is 0 Å². The van der Waals surface area contributed by atoms with Crippen molar-refractivity contribution in [3.63, 3.8) is 0 Å². The van der Waals surface area contributed by atoms with Gasteiger partial charge < -0.3 is 14.8 Å². The number of alkyl halides is 1. The smallest absolute Gasteiger partial charge is 0.408 e. The van der Waals surface area contributed by atoms with Crippen LogP contribution in [0.4, 0.5) is 4.79 Å². The average Bonchev–Trinajstić information content (AvgIpc) is 2.12. The Morgan fingerprint density at radius 1 is 1.38 bits per heavy atom. The van der Waals surface area contributed by atoms with Crippen LogP contribution in [0.25, 0.3) is 0 Å². The molecule has 1 unspecified atom stereocenters. The Bertz CT molecular complexity index is 285. The van der Waals surface area contributed by atoms with E-state index in [0.29, 0.717) is 6.29 Å². The van der Waals surface area contributed by atoms with Crippen LogP contribution in [0.15, 0.2) is 0 Å². The minimum absolute atomic E-state index is 0.416. The molecule has 0 aliphatic rings. The highest BCUT2D eigenvalue weighted by molar-refractivity contribution is 9.10. The van der Waals surface area contributed by atoms with Gasteiger partial charge in [0.1, 0.15) is 16.7 Å². The molecule has 1 N–H and O–H groups in total. The first-order valence-corrected chi connectivity index (χ1v) is 5.71. The van der Waals surface area contributed by atoms with Crippen molar-refractivity contribution in [1.29, 1.82) is 0 Å². The molecule has 0 aromatic carbocycles. The molecule has 6 heteroatoms. The number of rotatable bonds is 4. The Hall–Kier alpha value is -0.910. The molecule has 92 valence electrons. The Morgan fingerprint density at radius 3 is 2.25 bits per heavy atom. The Kier molecular flexibility index (Phi) is 5.64. The van der Waals surface area contributed by atoms with Crippen molar-refractivity contribution in [2.45, 2.75) is 44.2 Å². The molecule has 0 fully saturated rings. The van der Waals surface area contributed by atoms with E-state index < -0.39 is 28.3 Å². The summed E-state index contributed by atoms with van der Waals surface area (Å²) in [5.41, 5.74) is -0.620. The summed E-state index contributed by atoms with van der Waals surface area (Å²) in [6, 6.07) is -0.774. The van der Waals surface area contributed by atoms with E-state index in [2.05, 4.69) is 21.2 Å². The van der Waals surface area contributed by atoms with Gasteiger partial charge in [-0.1, -0.05) is 15.9 Å². The molecule has 0 saturated heterocycles. The van der Waals surface area contributed by atoms with E-state index in [1.54, 1.807) is 20.8 Å². The maximum atomic E-state index is 11.4. The van der Waals surface area contributed by atoms with Crippen LogP contribution in [0.2, 0.25) is 0 Å². The Morgan fingerprint density at radius 2 is 1.88 bits per heavy atom. The number of hydrogen-bond acceptors (Lipinski definition) is 4. The highest BCUT2D eigenvalue weighted by Crippen LogP contribution is 2.07. The maximum Gasteiger partial charge on any atom is 0.408 e. The van der Waals surface area contributed by atoms with Gasteiger partial charge in [0.25, 0.3) is 0 Å². The van der Waals surface area contributed by atoms with Crippen LogP contribution in [0.3, 0.4) is 0 Å². The molecule has 0 aliphatic carbocycles. The van der Waals surface area contributed by atoms with E-state index in [1.165, 1.54) is 6.92 Å². The fourth-order valence-electron chi connectivity index (χ4n) is 0.861. The number of alkyl carbamates (subject to hydrolysis) is 1. The van der Waals surface area contributed by atoms with Crippen molar-refractivity contribution < 1.29 is 19.1 Å². The molecule has 0 rings (SSSR count). The lowest BCUT2D eigenvalue weighted by Crippen LogP contribution is -2.44. The number of Topliss-reactive ketones (excluding diaryl/α,β-unsaturated/α-hetero) is 1. The summed E-state index contributed by atoms with van der Waals surface area (Å²) in [4.78, 5) is 32.2. The Labute approximate surface area is 103 Å². The van der Waals surface area contributed by atoms with E-state index in [9.17, 15) is 14.4 Å². The molecule has 0 aromatic rings. The third kappa shape index (κ3) is 5.85. The van der Waals surface area contributed by atoms with Crippen LogP contribution in [0.5, 0.6) is 0 Å². The molecule has 1 amide bonds. The van der Waals surface area contributed by atoms with E-state index in [4.69, 9.17) is 4.74 Å². The third-order valence-electron chi connectivity index (χ3n) is 1.55. The molecule has 0 saturated carbocycles. The fourth-order valence-corrected chi connectivity index (χ4v) is 1.26. The highest BCUT2D eigenvalue weighted by atomic mass is 79.9. The number of ether oxygens (including phenoxy) is 1. The SMILES string of the molecule is C[C@H](NC(=O)OC(C)(C)C)C(=O)C(Br)C=O. The average molecular weight is 294 g/mol. The minimum atomic E-state index is -0.905. The van der Waals surface area contributed by atoms with Crippen molar-refractivity contribution in [2.75, 3.05) is 0 Å². The number of ketones is 1. The zero-order valence-corrected chi connectivity index (χ0v) is 11.3. The van der Waals surface area contributed by atoms with Crippen LogP contribution in [0.1, 0.15) is 27.7 Å². The van der Waals surface area contributed by atoms with Crippen LogP contribution in [-0.4, -0.2) is 34.6 Å². The second-order valence-electron chi connectivity index (χ2n) is 4.31.